The van der Waals surface area contributed by atoms with E-state index in [1.807, 2.05) is 24.3 Å². The van der Waals surface area contributed by atoms with Gasteiger partial charge >= 0.3 is 0 Å². The first-order valence-corrected chi connectivity index (χ1v) is 7.19. The highest BCUT2D eigenvalue weighted by atomic mass is 32.1. The lowest BCUT2D eigenvalue weighted by molar-refractivity contribution is 0.216. The first-order valence-electron chi connectivity index (χ1n) is 6.31. The summed E-state index contributed by atoms with van der Waals surface area (Å²) in [7, 11) is 1.66. The summed E-state index contributed by atoms with van der Waals surface area (Å²) in [6, 6.07) is 11.9. The molecular formula is C15H19NO2S. The standard InChI is InChI=1S/C15H19NO2S/c1-12(10-16-11-15-4-3-9-19-15)18-14-7-5-13(17-2)6-8-14/h3-9,12,16H,10-11H2,1-2H3. The van der Waals surface area contributed by atoms with Crippen molar-refractivity contribution in [1.29, 1.82) is 0 Å². The fourth-order valence-electron chi connectivity index (χ4n) is 1.74. The maximum atomic E-state index is 5.82. The molecule has 0 aliphatic carbocycles. The van der Waals surface area contributed by atoms with Crippen LogP contribution >= 0.6 is 11.3 Å². The lowest BCUT2D eigenvalue weighted by Gasteiger charge is -2.15. The van der Waals surface area contributed by atoms with Gasteiger partial charge in [0, 0.05) is 18.0 Å². The number of hydrogen-bond donors (Lipinski definition) is 1. The molecule has 0 aliphatic rings. The summed E-state index contributed by atoms with van der Waals surface area (Å²) < 4.78 is 10.9. The van der Waals surface area contributed by atoms with Gasteiger partial charge in [-0.25, -0.2) is 0 Å². The molecule has 19 heavy (non-hydrogen) atoms. The minimum absolute atomic E-state index is 0.133. The molecule has 2 rings (SSSR count). The molecule has 1 heterocycles. The molecule has 4 heteroatoms. The van der Waals surface area contributed by atoms with Gasteiger partial charge in [0.15, 0.2) is 0 Å². The second-order valence-corrected chi connectivity index (χ2v) is 5.35. The predicted octanol–water partition coefficient (Wildman–Crippen LogP) is 3.31. The Morgan fingerprint density at radius 1 is 1.16 bits per heavy atom. The van der Waals surface area contributed by atoms with Gasteiger partial charge in [-0.3, -0.25) is 0 Å². The summed E-state index contributed by atoms with van der Waals surface area (Å²) in [4.78, 5) is 1.34. The molecule has 3 nitrogen and oxygen atoms in total. The van der Waals surface area contributed by atoms with Gasteiger partial charge in [-0.2, -0.15) is 0 Å². The second kappa shape index (κ2) is 7.16. The molecule has 1 aromatic heterocycles. The van der Waals surface area contributed by atoms with Crippen LogP contribution in [0.15, 0.2) is 41.8 Å². The normalized spacial score (nSPS) is 12.1. The number of thiophene rings is 1. The number of rotatable bonds is 7. The first kappa shape index (κ1) is 13.9. The molecule has 0 saturated carbocycles. The highest BCUT2D eigenvalue weighted by Crippen LogP contribution is 2.18. The van der Waals surface area contributed by atoms with Gasteiger partial charge in [-0.15, -0.1) is 11.3 Å². The SMILES string of the molecule is COc1ccc(OC(C)CNCc2cccs2)cc1. The lowest BCUT2D eigenvalue weighted by atomic mass is 10.3. The summed E-state index contributed by atoms with van der Waals surface area (Å²) in [5.74, 6) is 1.71. The molecule has 0 fully saturated rings. The van der Waals surface area contributed by atoms with E-state index in [0.717, 1.165) is 24.6 Å². The molecule has 102 valence electrons. The third kappa shape index (κ3) is 4.58. The van der Waals surface area contributed by atoms with Gasteiger partial charge in [-0.05, 0) is 42.6 Å². The molecule has 0 amide bonds. The zero-order valence-electron chi connectivity index (χ0n) is 11.3. The smallest absolute Gasteiger partial charge is 0.120 e. The Hall–Kier alpha value is -1.52. The van der Waals surface area contributed by atoms with Crippen LogP contribution in [0.3, 0.4) is 0 Å². The van der Waals surface area contributed by atoms with Gasteiger partial charge in [0.1, 0.15) is 17.6 Å². The number of methoxy groups -OCH3 is 1. The van der Waals surface area contributed by atoms with E-state index >= 15 is 0 Å². The van der Waals surface area contributed by atoms with Crippen LogP contribution in [-0.4, -0.2) is 19.8 Å². The molecular weight excluding hydrogens is 258 g/mol. The summed E-state index contributed by atoms with van der Waals surface area (Å²) in [6.07, 6.45) is 0.133. The minimum Gasteiger partial charge on any atom is -0.497 e. The number of hydrogen-bond acceptors (Lipinski definition) is 4. The van der Waals surface area contributed by atoms with E-state index < -0.39 is 0 Å². The molecule has 2 aromatic rings. The Kier molecular flexibility index (Phi) is 5.24. The van der Waals surface area contributed by atoms with E-state index in [2.05, 4.69) is 29.8 Å². The Morgan fingerprint density at radius 3 is 2.53 bits per heavy atom. The van der Waals surface area contributed by atoms with Crippen molar-refractivity contribution in [3.8, 4) is 11.5 Å². The van der Waals surface area contributed by atoms with Crippen molar-refractivity contribution in [2.24, 2.45) is 0 Å². The van der Waals surface area contributed by atoms with Crippen LogP contribution in [0.1, 0.15) is 11.8 Å². The van der Waals surface area contributed by atoms with Gasteiger partial charge in [0.05, 0.1) is 7.11 Å². The maximum Gasteiger partial charge on any atom is 0.120 e. The van der Waals surface area contributed by atoms with Crippen molar-refractivity contribution in [2.45, 2.75) is 19.6 Å². The summed E-state index contributed by atoms with van der Waals surface area (Å²) in [6.45, 7) is 3.78. The van der Waals surface area contributed by atoms with E-state index in [1.54, 1.807) is 18.4 Å². The van der Waals surface area contributed by atoms with Crippen molar-refractivity contribution < 1.29 is 9.47 Å². The average molecular weight is 277 g/mol. The fourth-order valence-corrected chi connectivity index (χ4v) is 2.41. The van der Waals surface area contributed by atoms with Gasteiger partial charge in [-0.1, -0.05) is 6.07 Å². The highest BCUT2D eigenvalue weighted by molar-refractivity contribution is 7.09. The molecule has 1 N–H and O–H groups in total. The molecule has 0 bridgehead atoms. The van der Waals surface area contributed by atoms with E-state index in [-0.39, 0.29) is 6.10 Å². The van der Waals surface area contributed by atoms with Crippen LogP contribution in [0, 0.1) is 0 Å². The topological polar surface area (TPSA) is 30.5 Å². The monoisotopic (exact) mass is 277 g/mol. The van der Waals surface area contributed by atoms with Crippen LogP contribution in [0.5, 0.6) is 11.5 Å². The van der Waals surface area contributed by atoms with Crippen LogP contribution < -0.4 is 14.8 Å². The quantitative estimate of drug-likeness (QED) is 0.842. The molecule has 0 spiro atoms. The van der Waals surface area contributed by atoms with Crippen molar-refractivity contribution in [3.05, 3.63) is 46.7 Å². The van der Waals surface area contributed by atoms with Gasteiger partial charge < -0.3 is 14.8 Å². The molecule has 0 aliphatic heterocycles. The number of nitrogens with one attached hydrogen (secondary N) is 1. The van der Waals surface area contributed by atoms with Crippen molar-refractivity contribution in [2.75, 3.05) is 13.7 Å². The van der Waals surface area contributed by atoms with Crippen LogP contribution in [0.4, 0.5) is 0 Å². The molecule has 1 atom stereocenters. The zero-order chi connectivity index (χ0) is 13.5. The van der Waals surface area contributed by atoms with E-state index in [4.69, 9.17) is 9.47 Å². The molecule has 1 unspecified atom stereocenters. The third-order valence-corrected chi connectivity index (χ3v) is 3.58. The van der Waals surface area contributed by atoms with Gasteiger partial charge in [0.25, 0.3) is 0 Å². The second-order valence-electron chi connectivity index (χ2n) is 4.31. The fraction of sp³-hybridized carbons (Fsp3) is 0.333. The predicted molar refractivity (Wildman–Crippen MR) is 79.1 cm³/mol. The van der Waals surface area contributed by atoms with Crippen LogP contribution in [-0.2, 0) is 6.54 Å². The minimum atomic E-state index is 0.133. The van der Waals surface area contributed by atoms with Gasteiger partial charge in [0.2, 0.25) is 0 Å². The Balaban J connectivity index is 1.72. The van der Waals surface area contributed by atoms with Crippen LogP contribution in [0.2, 0.25) is 0 Å². The Morgan fingerprint density at radius 2 is 1.89 bits per heavy atom. The largest absolute Gasteiger partial charge is 0.497 e. The van der Waals surface area contributed by atoms with Crippen LogP contribution in [0.25, 0.3) is 0 Å². The van der Waals surface area contributed by atoms with Crippen molar-refractivity contribution in [1.82, 2.24) is 5.32 Å². The third-order valence-electron chi connectivity index (χ3n) is 2.71. The van der Waals surface area contributed by atoms with Crippen molar-refractivity contribution in [3.63, 3.8) is 0 Å². The molecule has 0 saturated heterocycles. The Labute approximate surface area is 118 Å². The Bertz CT molecular complexity index is 467. The summed E-state index contributed by atoms with van der Waals surface area (Å²) >= 11 is 1.77. The first-order chi connectivity index (χ1) is 9.28. The number of ether oxygens (including phenoxy) is 2. The van der Waals surface area contributed by atoms with E-state index in [1.165, 1.54) is 4.88 Å². The summed E-state index contributed by atoms with van der Waals surface area (Å²) in [5, 5.41) is 5.48. The summed E-state index contributed by atoms with van der Waals surface area (Å²) in [5.41, 5.74) is 0. The number of benzene rings is 1. The lowest BCUT2D eigenvalue weighted by Crippen LogP contribution is -2.28. The maximum absolute atomic E-state index is 5.82. The molecule has 1 aromatic carbocycles. The van der Waals surface area contributed by atoms with E-state index in [9.17, 15) is 0 Å². The van der Waals surface area contributed by atoms with Crippen molar-refractivity contribution >= 4 is 11.3 Å². The average Bonchev–Trinajstić information content (AvgIpc) is 2.93. The highest BCUT2D eigenvalue weighted by Gasteiger charge is 2.04. The zero-order valence-corrected chi connectivity index (χ0v) is 12.1. The molecule has 0 radical (unpaired) electrons. The van der Waals surface area contributed by atoms with E-state index in [0.29, 0.717) is 0 Å².